The number of aryl methyl sites for hydroxylation is 2. The maximum Gasteiger partial charge on any atom is 0.338 e. The van der Waals surface area contributed by atoms with Crippen LogP contribution in [0.2, 0.25) is 0 Å². The highest BCUT2D eigenvalue weighted by atomic mass is 16.6. The van der Waals surface area contributed by atoms with Crippen LogP contribution in [0.4, 0.5) is 0 Å². The van der Waals surface area contributed by atoms with E-state index in [1.807, 2.05) is 52.0 Å². The number of aromatic hydroxyl groups is 2. The molecule has 5 unspecified atom stereocenters. The minimum atomic E-state index is -0.236. The van der Waals surface area contributed by atoms with Crippen LogP contribution in [0.25, 0.3) is 0 Å². The van der Waals surface area contributed by atoms with Crippen molar-refractivity contribution in [2.24, 2.45) is 23.7 Å². The standard InChI is InChI=1S/C15H20O2.C12H16O4.C8H10O2/c1-3-12-6-8-13(9-7-12)14(16)17-15(2)10-4-5-11-15;1-5(2)11(13)15-9-6-3-7-8(4-6)12(14)16-10(7)9;1-2-6-3-4-7(9)8(10)5-6/h6-9H,3-5,10-11H2,1-2H3;5-10H,3-4H2,1-2H3;3-5,9-10H,2H2,1H3. The fraction of sp³-hybridized carbons (Fsp3) is 0.571. The first-order valence-corrected chi connectivity index (χ1v) is 15.7. The lowest BCUT2D eigenvalue weighted by atomic mass is 9.88. The summed E-state index contributed by atoms with van der Waals surface area (Å²) >= 11 is 0. The lowest BCUT2D eigenvalue weighted by molar-refractivity contribution is -0.164. The molecule has 1 aliphatic heterocycles. The smallest absolute Gasteiger partial charge is 0.338 e. The number of phenols is 2. The van der Waals surface area contributed by atoms with Crippen LogP contribution in [0.3, 0.4) is 0 Å². The average Bonchev–Trinajstić information content (AvgIpc) is 3.74. The van der Waals surface area contributed by atoms with Crippen LogP contribution in [-0.4, -0.2) is 45.9 Å². The Balaban J connectivity index is 0.000000153. The zero-order valence-electron chi connectivity index (χ0n) is 26.0. The van der Waals surface area contributed by atoms with E-state index in [1.165, 1.54) is 24.5 Å². The molecular weight excluding hydrogens is 548 g/mol. The fourth-order valence-corrected chi connectivity index (χ4v) is 6.51. The number of ether oxygens (including phenoxy) is 3. The van der Waals surface area contributed by atoms with Gasteiger partial charge < -0.3 is 24.4 Å². The number of fused-ring (bicyclic) bond motifs is 1. The van der Waals surface area contributed by atoms with Gasteiger partial charge in [-0.25, -0.2) is 4.79 Å². The molecule has 8 heteroatoms. The molecule has 0 radical (unpaired) electrons. The summed E-state index contributed by atoms with van der Waals surface area (Å²) < 4.78 is 16.4. The Bertz CT molecular complexity index is 1280. The van der Waals surface area contributed by atoms with E-state index in [2.05, 4.69) is 6.92 Å². The number of esters is 3. The van der Waals surface area contributed by atoms with Gasteiger partial charge in [0, 0.05) is 11.8 Å². The number of benzene rings is 2. The van der Waals surface area contributed by atoms with Crippen LogP contribution in [0.1, 0.15) is 94.6 Å². The van der Waals surface area contributed by atoms with Crippen molar-refractivity contribution in [3.05, 3.63) is 59.2 Å². The summed E-state index contributed by atoms with van der Waals surface area (Å²) in [5, 5.41) is 17.9. The first-order valence-electron chi connectivity index (χ1n) is 15.7. The van der Waals surface area contributed by atoms with Crippen molar-refractivity contribution >= 4 is 17.9 Å². The van der Waals surface area contributed by atoms with E-state index in [0.717, 1.165) is 44.1 Å². The number of hydrogen-bond donors (Lipinski definition) is 2. The predicted molar refractivity (Wildman–Crippen MR) is 162 cm³/mol. The van der Waals surface area contributed by atoms with Crippen molar-refractivity contribution in [3.8, 4) is 11.5 Å². The molecular formula is C35H46O8. The molecule has 43 heavy (non-hydrogen) atoms. The molecule has 2 aromatic rings. The molecule has 6 rings (SSSR count). The second-order valence-corrected chi connectivity index (χ2v) is 12.7. The lowest BCUT2D eigenvalue weighted by Gasteiger charge is -2.25. The zero-order valence-corrected chi connectivity index (χ0v) is 26.0. The van der Waals surface area contributed by atoms with E-state index in [0.29, 0.717) is 17.4 Å². The van der Waals surface area contributed by atoms with Crippen LogP contribution in [0.5, 0.6) is 11.5 Å². The SMILES string of the molecule is CC(C)C(=O)OC1C2CC3C(=O)OC1C3C2.CCc1ccc(C(=O)OC2(C)CCCC2)cc1.CCc1ccc(O)c(O)c1. The van der Waals surface area contributed by atoms with Gasteiger partial charge in [0.1, 0.15) is 17.8 Å². The quantitative estimate of drug-likeness (QED) is 0.220. The maximum atomic E-state index is 12.0. The van der Waals surface area contributed by atoms with Crippen molar-refractivity contribution < 1.29 is 38.8 Å². The Kier molecular flexibility index (Phi) is 10.4. The maximum absolute atomic E-state index is 12.0. The summed E-state index contributed by atoms with van der Waals surface area (Å²) in [6, 6.07) is 12.6. The van der Waals surface area contributed by atoms with Crippen LogP contribution in [0.15, 0.2) is 42.5 Å². The molecule has 0 spiro atoms. The van der Waals surface area contributed by atoms with Crippen molar-refractivity contribution in [2.75, 3.05) is 0 Å². The van der Waals surface area contributed by atoms with Gasteiger partial charge >= 0.3 is 17.9 Å². The number of carbonyl (C=O) groups excluding carboxylic acids is 3. The van der Waals surface area contributed by atoms with Crippen LogP contribution >= 0.6 is 0 Å². The summed E-state index contributed by atoms with van der Waals surface area (Å²) in [7, 11) is 0. The summed E-state index contributed by atoms with van der Waals surface area (Å²) in [6.07, 6.45) is 7.67. The molecule has 1 heterocycles. The van der Waals surface area contributed by atoms with Gasteiger partial charge in [-0.05, 0) is 93.7 Å². The summed E-state index contributed by atoms with van der Waals surface area (Å²) in [5.41, 5.74) is 2.69. The van der Waals surface area contributed by atoms with Gasteiger partial charge in [-0.15, -0.1) is 0 Å². The molecule has 3 aliphatic carbocycles. The molecule has 0 amide bonds. The van der Waals surface area contributed by atoms with Crippen LogP contribution in [0, 0.1) is 23.7 Å². The van der Waals surface area contributed by atoms with E-state index < -0.39 is 0 Å². The first-order chi connectivity index (χ1) is 20.4. The molecule has 4 aliphatic rings. The van der Waals surface area contributed by atoms with E-state index in [9.17, 15) is 14.4 Å². The van der Waals surface area contributed by atoms with Gasteiger partial charge in [-0.1, -0.05) is 45.9 Å². The second kappa shape index (κ2) is 13.8. The predicted octanol–water partition coefficient (Wildman–Crippen LogP) is 6.53. The lowest BCUT2D eigenvalue weighted by Crippen LogP contribution is -2.36. The highest BCUT2D eigenvalue weighted by molar-refractivity contribution is 5.89. The highest BCUT2D eigenvalue weighted by Gasteiger charge is 2.63. The molecule has 3 saturated carbocycles. The van der Waals surface area contributed by atoms with Gasteiger partial charge in [0.2, 0.25) is 0 Å². The fourth-order valence-electron chi connectivity index (χ4n) is 6.51. The first kappa shape index (κ1) is 32.4. The minimum Gasteiger partial charge on any atom is -0.504 e. The van der Waals surface area contributed by atoms with Gasteiger partial charge in [-0.2, -0.15) is 0 Å². The third-order valence-corrected chi connectivity index (χ3v) is 9.18. The third-order valence-electron chi connectivity index (χ3n) is 9.18. The van der Waals surface area contributed by atoms with E-state index in [1.54, 1.807) is 12.1 Å². The molecule has 8 nitrogen and oxygen atoms in total. The van der Waals surface area contributed by atoms with Crippen molar-refractivity contribution in [1.29, 1.82) is 0 Å². The van der Waals surface area contributed by atoms with Crippen molar-refractivity contribution in [1.82, 2.24) is 0 Å². The topological polar surface area (TPSA) is 119 Å². The largest absolute Gasteiger partial charge is 0.504 e. The molecule has 0 aromatic heterocycles. The average molecular weight is 595 g/mol. The third kappa shape index (κ3) is 7.70. The molecule has 2 aromatic carbocycles. The Hall–Kier alpha value is -3.55. The molecule has 234 valence electrons. The Morgan fingerprint density at radius 3 is 2.16 bits per heavy atom. The number of phenolic OH excluding ortho intramolecular Hbond substituents is 2. The van der Waals surface area contributed by atoms with Crippen LogP contribution < -0.4 is 0 Å². The molecule has 4 fully saturated rings. The van der Waals surface area contributed by atoms with Crippen molar-refractivity contribution in [3.63, 3.8) is 0 Å². The van der Waals surface area contributed by atoms with Gasteiger partial charge in [-0.3, -0.25) is 9.59 Å². The minimum absolute atomic E-state index is 0.0423. The summed E-state index contributed by atoms with van der Waals surface area (Å²) in [6.45, 7) is 9.77. The number of rotatable bonds is 6. The Morgan fingerprint density at radius 1 is 0.953 bits per heavy atom. The molecule has 2 N–H and O–H groups in total. The summed E-state index contributed by atoms with van der Waals surface area (Å²) in [4.78, 5) is 35.0. The molecule has 5 atom stereocenters. The number of hydrogen-bond acceptors (Lipinski definition) is 8. The van der Waals surface area contributed by atoms with E-state index in [4.69, 9.17) is 24.4 Å². The van der Waals surface area contributed by atoms with Gasteiger partial charge in [0.15, 0.2) is 11.5 Å². The normalized spacial score (nSPS) is 25.7. The van der Waals surface area contributed by atoms with Gasteiger partial charge in [0.05, 0.1) is 17.4 Å². The van der Waals surface area contributed by atoms with Gasteiger partial charge in [0.25, 0.3) is 0 Å². The van der Waals surface area contributed by atoms with Crippen LogP contribution in [-0.2, 0) is 36.6 Å². The number of carbonyl (C=O) groups is 3. The molecule has 1 saturated heterocycles. The van der Waals surface area contributed by atoms with E-state index in [-0.39, 0.29) is 59.1 Å². The zero-order chi connectivity index (χ0) is 31.3. The monoisotopic (exact) mass is 594 g/mol. The highest BCUT2D eigenvalue weighted by Crippen LogP contribution is 2.55. The Morgan fingerprint density at radius 2 is 1.58 bits per heavy atom. The second-order valence-electron chi connectivity index (χ2n) is 12.7. The molecule has 2 bridgehead atoms. The summed E-state index contributed by atoms with van der Waals surface area (Å²) in [5.74, 6) is 0.0684. The van der Waals surface area contributed by atoms with Crippen molar-refractivity contribution in [2.45, 2.75) is 104 Å². The Labute approximate surface area is 254 Å². The van der Waals surface area contributed by atoms with E-state index >= 15 is 0 Å².